The number of halogens is 2. The summed E-state index contributed by atoms with van der Waals surface area (Å²) in [6, 6.07) is 7.70. The molecule has 0 unspecified atom stereocenters. The van der Waals surface area contributed by atoms with E-state index >= 15 is 0 Å². The van der Waals surface area contributed by atoms with Gasteiger partial charge in [0.25, 0.3) is 0 Å². The molecule has 1 aromatic carbocycles. The predicted octanol–water partition coefficient (Wildman–Crippen LogP) is 4.20. The van der Waals surface area contributed by atoms with Gasteiger partial charge >= 0.3 is 0 Å². The molecule has 0 aliphatic heterocycles. The van der Waals surface area contributed by atoms with Crippen LogP contribution in [0.25, 0.3) is 0 Å². The van der Waals surface area contributed by atoms with Crippen LogP contribution >= 0.6 is 38.9 Å². The maximum atomic E-state index is 6.01. The van der Waals surface area contributed by atoms with Crippen molar-refractivity contribution in [1.29, 1.82) is 0 Å². The van der Waals surface area contributed by atoms with E-state index in [9.17, 15) is 0 Å². The van der Waals surface area contributed by atoms with Crippen LogP contribution in [0.2, 0.25) is 5.02 Å². The molecule has 2 aromatic rings. The van der Waals surface area contributed by atoms with Gasteiger partial charge in [-0.2, -0.15) is 0 Å². The van der Waals surface area contributed by atoms with Gasteiger partial charge in [-0.05, 0) is 33.4 Å². The van der Waals surface area contributed by atoms with Crippen molar-refractivity contribution in [3.05, 3.63) is 49.6 Å². The Hall–Kier alpha value is -0.550. The first kappa shape index (κ1) is 12.9. The molecule has 0 aliphatic carbocycles. The van der Waals surface area contributed by atoms with Crippen molar-refractivity contribution in [2.75, 3.05) is 0 Å². The van der Waals surface area contributed by atoms with Crippen molar-refractivity contribution in [3.63, 3.8) is 0 Å². The maximum absolute atomic E-state index is 6.01. The van der Waals surface area contributed by atoms with Crippen LogP contribution in [0.5, 0.6) is 5.75 Å². The highest BCUT2D eigenvalue weighted by atomic mass is 79.9. The molecule has 1 heterocycles. The van der Waals surface area contributed by atoms with Crippen LogP contribution in [0.3, 0.4) is 0 Å². The summed E-state index contributed by atoms with van der Waals surface area (Å²) in [5.74, 6) is 0.791. The average Bonchev–Trinajstić information content (AvgIpc) is 2.73. The summed E-state index contributed by atoms with van der Waals surface area (Å²) in [5.41, 5.74) is 6.65. The summed E-state index contributed by atoms with van der Waals surface area (Å²) >= 11 is 11.1. The third-order valence-electron chi connectivity index (χ3n) is 2.31. The summed E-state index contributed by atoms with van der Waals surface area (Å²) in [6.07, 6.45) is 0. The average molecular weight is 333 g/mol. The lowest BCUT2D eigenvalue weighted by atomic mass is 10.2. The highest BCUT2D eigenvalue weighted by Gasteiger charge is 2.09. The quantitative estimate of drug-likeness (QED) is 0.910. The summed E-state index contributed by atoms with van der Waals surface area (Å²) in [5, 5.41) is 2.70. The maximum Gasteiger partial charge on any atom is 0.138 e. The van der Waals surface area contributed by atoms with Crippen molar-refractivity contribution >= 4 is 38.9 Å². The number of ether oxygens (including phenoxy) is 1. The highest BCUT2D eigenvalue weighted by molar-refractivity contribution is 9.10. The third kappa shape index (κ3) is 3.01. The van der Waals surface area contributed by atoms with Gasteiger partial charge in [0, 0.05) is 12.1 Å². The van der Waals surface area contributed by atoms with E-state index in [2.05, 4.69) is 15.9 Å². The Morgan fingerprint density at radius 1 is 1.35 bits per heavy atom. The monoisotopic (exact) mass is 331 g/mol. The Kier molecular flexibility index (Phi) is 4.45. The van der Waals surface area contributed by atoms with E-state index in [1.54, 1.807) is 11.3 Å². The molecular weight excluding hydrogens is 322 g/mol. The fraction of sp³-hybridized carbons (Fsp3) is 0.167. The van der Waals surface area contributed by atoms with Crippen LogP contribution in [0, 0.1) is 0 Å². The molecule has 0 aliphatic rings. The van der Waals surface area contributed by atoms with Gasteiger partial charge in [-0.3, -0.25) is 0 Å². The Morgan fingerprint density at radius 3 is 2.82 bits per heavy atom. The molecule has 2 nitrogen and oxygen atoms in total. The van der Waals surface area contributed by atoms with Crippen molar-refractivity contribution in [2.45, 2.75) is 13.2 Å². The van der Waals surface area contributed by atoms with Gasteiger partial charge in [-0.25, -0.2) is 0 Å². The summed E-state index contributed by atoms with van der Waals surface area (Å²) in [7, 11) is 0. The zero-order valence-corrected chi connectivity index (χ0v) is 12.1. The number of thiophene rings is 1. The Bertz CT molecular complexity index is 515. The Balaban J connectivity index is 2.16. The number of rotatable bonds is 4. The minimum absolute atomic E-state index is 0.451. The highest BCUT2D eigenvalue weighted by Crippen LogP contribution is 2.31. The molecule has 2 N–H and O–H groups in total. The topological polar surface area (TPSA) is 35.2 Å². The minimum Gasteiger partial charge on any atom is -0.486 e. The Morgan fingerprint density at radius 2 is 2.18 bits per heavy atom. The molecule has 0 spiro atoms. The van der Waals surface area contributed by atoms with Gasteiger partial charge in [0.05, 0.1) is 14.4 Å². The molecule has 1 aromatic heterocycles. The van der Waals surface area contributed by atoms with E-state index in [4.69, 9.17) is 22.1 Å². The van der Waals surface area contributed by atoms with Gasteiger partial charge < -0.3 is 10.5 Å². The summed E-state index contributed by atoms with van der Waals surface area (Å²) in [6.45, 7) is 0.916. The van der Waals surface area contributed by atoms with Gasteiger partial charge in [-0.15, -0.1) is 11.3 Å². The van der Waals surface area contributed by atoms with E-state index in [-0.39, 0.29) is 0 Å². The lowest BCUT2D eigenvalue weighted by Gasteiger charge is -2.11. The number of hydrogen-bond donors (Lipinski definition) is 1. The van der Waals surface area contributed by atoms with Crippen LogP contribution in [-0.2, 0) is 13.2 Å². The zero-order chi connectivity index (χ0) is 12.3. The SMILES string of the molecule is NCc1cccc(Br)c1OCc1sccc1Cl. The molecule has 0 amide bonds. The van der Waals surface area contributed by atoms with E-state index in [0.29, 0.717) is 13.2 Å². The summed E-state index contributed by atoms with van der Waals surface area (Å²) < 4.78 is 6.69. The second kappa shape index (κ2) is 5.87. The van der Waals surface area contributed by atoms with Crippen LogP contribution < -0.4 is 10.5 Å². The van der Waals surface area contributed by atoms with Crippen molar-refractivity contribution in [3.8, 4) is 5.75 Å². The molecular formula is C12H11BrClNOS. The molecule has 0 radical (unpaired) electrons. The second-order valence-electron chi connectivity index (χ2n) is 3.41. The fourth-order valence-corrected chi connectivity index (χ4v) is 2.97. The van der Waals surface area contributed by atoms with Crippen LogP contribution in [-0.4, -0.2) is 0 Å². The van der Waals surface area contributed by atoms with E-state index in [1.807, 2.05) is 29.6 Å². The number of benzene rings is 1. The van der Waals surface area contributed by atoms with Gasteiger partial charge in [-0.1, -0.05) is 23.7 Å². The third-order valence-corrected chi connectivity index (χ3v) is 4.29. The largest absolute Gasteiger partial charge is 0.486 e. The standard InChI is InChI=1S/C12H11BrClNOS/c13-9-3-1-2-8(6-15)12(9)16-7-11-10(14)4-5-17-11/h1-5H,6-7,15H2. The molecule has 0 atom stereocenters. The number of nitrogens with two attached hydrogens (primary N) is 1. The first-order chi connectivity index (χ1) is 8.22. The minimum atomic E-state index is 0.451. The molecule has 0 saturated heterocycles. The molecule has 2 rings (SSSR count). The molecule has 0 saturated carbocycles. The zero-order valence-electron chi connectivity index (χ0n) is 8.95. The molecule has 90 valence electrons. The van der Waals surface area contributed by atoms with E-state index in [1.165, 1.54) is 0 Å². The first-order valence-corrected chi connectivity index (χ1v) is 7.09. The van der Waals surface area contributed by atoms with Crippen molar-refractivity contribution in [2.24, 2.45) is 5.73 Å². The number of hydrogen-bond acceptors (Lipinski definition) is 3. The van der Waals surface area contributed by atoms with Gasteiger partial charge in [0.2, 0.25) is 0 Å². The molecule has 17 heavy (non-hydrogen) atoms. The van der Waals surface area contributed by atoms with Gasteiger partial charge in [0.1, 0.15) is 12.4 Å². The predicted molar refractivity (Wildman–Crippen MR) is 75.7 cm³/mol. The van der Waals surface area contributed by atoms with E-state index in [0.717, 1.165) is 25.7 Å². The lowest BCUT2D eigenvalue weighted by Crippen LogP contribution is -2.02. The van der Waals surface area contributed by atoms with Gasteiger partial charge in [0.15, 0.2) is 0 Å². The van der Waals surface area contributed by atoms with Crippen LogP contribution in [0.1, 0.15) is 10.4 Å². The van der Waals surface area contributed by atoms with Crippen LogP contribution in [0.4, 0.5) is 0 Å². The Labute approximate surface area is 117 Å². The smallest absolute Gasteiger partial charge is 0.138 e. The molecule has 0 fully saturated rings. The second-order valence-corrected chi connectivity index (χ2v) is 5.67. The summed E-state index contributed by atoms with van der Waals surface area (Å²) in [4.78, 5) is 1.02. The normalized spacial score (nSPS) is 10.5. The molecule has 5 heteroatoms. The van der Waals surface area contributed by atoms with Crippen molar-refractivity contribution in [1.82, 2.24) is 0 Å². The van der Waals surface area contributed by atoms with Crippen molar-refractivity contribution < 1.29 is 4.74 Å². The first-order valence-electron chi connectivity index (χ1n) is 5.04. The number of para-hydroxylation sites is 1. The van der Waals surface area contributed by atoms with E-state index < -0.39 is 0 Å². The lowest BCUT2D eigenvalue weighted by molar-refractivity contribution is 0.304. The molecule has 0 bridgehead atoms. The fourth-order valence-electron chi connectivity index (χ4n) is 1.44. The van der Waals surface area contributed by atoms with Crippen LogP contribution in [0.15, 0.2) is 34.1 Å².